The lowest BCUT2D eigenvalue weighted by Gasteiger charge is -2.15. The van der Waals surface area contributed by atoms with Crippen molar-refractivity contribution in [2.24, 2.45) is 0 Å². The Kier molecular flexibility index (Phi) is 4.55. The van der Waals surface area contributed by atoms with Gasteiger partial charge in [-0.2, -0.15) is 5.26 Å². The number of benzene rings is 1. The van der Waals surface area contributed by atoms with Gasteiger partial charge in [-0.15, -0.1) is 0 Å². The van der Waals surface area contributed by atoms with Crippen molar-refractivity contribution in [3.05, 3.63) is 35.4 Å². The van der Waals surface area contributed by atoms with Gasteiger partial charge < -0.3 is 4.74 Å². The summed E-state index contributed by atoms with van der Waals surface area (Å²) in [6, 6.07) is 3.29. The van der Waals surface area contributed by atoms with E-state index < -0.39 is 23.6 Å². The molecule has 0 bridgehead atoms. The first-order valence-corrected chi connectivity index (χ1v) is 4.73. The first kappa shape index (κ1) is 13.1. The number of carbonyl (C=O) groups excluding carboxylic acids is 1. The van der Waals surface area contributed by atoms with E-state index in [1.807, 2.05) is 0 Å². The fourth-order valence-corrected chi connectivity index (χ4v) is 1.32. The molecule has 0 aliphatic heterocycles. The summed E-state index contributed by atoms with van der Waals surface area (Å²) >= 11 is 0. The summed E-state index contributed by atoms with van der Waals surface area (Å²) in [4.78, 5) is 11.4. The predicted molar refractivity (Wildman–Crippen MR) is 54.7 cm³/mol. The van der Waals surface area contributed by atoms with Crippen LogP contribution in [0.4, 0.5) is 8.78 Å². The summed E-state index contributed by atoms with van der Waals surface area (Å²) in [5, 5.41) is 10.9. The fraction of sp³-hybridized carbons (Fsp3) is 0.273. The molecule has 0 spiro atoms. The van der Waals surface area contributed by atoms with Gasteiger partial charge in [-0.1, -0.05) is 0 Å². The Morgan fingerprint density at radius 3 is 2.88 bits per heavy atom. The van der Waals surface area contributed by atoms with Crippen LogP contribution >= 0.6 is 0 Å². The zero-order valence-corrected chi connectivity index (χ0v) is 9.04. The molecule has 90 valence electrons. The van der Waals surface area contributed by atoms with Gasteiger partial charge in [0.15, 0.2) is 0 Å². The molecule has 1 aromatic carbocycles. The maximum absolute atomic E-state index is 13.4. The number of hydrogen-bond acceptors (Lipinski definition) is 4. The van der Waals surface area contributed by atoms with Gasteiger partial charge in [0, 0.05) is 5.56 Å². The van der Waals surface area contributed by atoms with Crippen molar-refractivity contribution in [3.63, 3.8) is 0 Å². The SMILES string of the molecule is COC(=O)[C@H](NCC#N)c1cc(F)ccc1F. The molecule has 0 aliphatic rings. The molecule has 0 saturated carbocycles. The van der Waals surface area contributed by atoms with Gasteiger partial charge in [0.05, 0.1) is 19.7 Å². The van der Waals surface area contributed by atoms with E-state index in [1.165, 1.54) is 0 Å². The molecule has 1 N–H and O–H groups in total. The number of hydrogen-bond donors (Lipinski definition) is 1. The topological polar surface area (TPSA) is 62.1 Å². The van der Waals surface area contributed by atoms with Gasteiger partial charge in [0.2, 0.25) is 0 Å². The van der Waals surface area contributed by atoms with Crippen LogP contribution in [0.15, 0.2) is 18.2 Å². The highest BCUT2D eigenvalue weighted by molar-refractivity contribution is 5.77. The van der Waals surface area contributed by atoms with E-state index in [0.29, 0.717) is 0 Å². The second-order valence-corrected chi connectivity index (χ2v) is 3.16. The van der Waals surface area contributed by atoms with Crippen LogP contribution in [0.5, 0.6) is 0 Å². The molecule has 17 heavy (non-hydrogen) atoms. The molecular weight excluding hydrogens is 230 g/mol. The lowest BCUT2D eigenvalue weighted by molar-refractivity contribution is -0.143. The van der Waals surface area contributed by atoms with E-state index in [-0.39, 0.29) is 12.1 Å². The number of esters is 1. The number of nitrogens with zero attached hydrogens (tertiary/aromatic N) is 1. The molecule has 0 heterocycles. The number of carbonyl (C=O) groups is 1. The van der Waals surface area contributed by atoms with Gasteiger partial charge in [-0.25, -0.2) is 13.6 Å². The van der Waals surface area contributed by atoms with E-state index >= 15 is 0 Å². The molecule has 1 aromatic rings. The molecule has 6 heteroatoms. The average Bonchev–Trinajstić information content (AvgIpc) is 2.33. The minimum absolute atomic E-state index is 0.185. The molecule has 0 fully saturated rings. The van der Waals surface area contributed by atoms with Crippen LogP contribution < -0.4 is 5.32 Å². The van der Waals surface area contributed by atoms with E-state index in [2.05, 4.69) is 10.1 Å². The maximum atomic E-state index is 13.4. The zero-order chi connectivity index (χ0) is 12.8. The number of rotatable bonds is 4. The van der Waals surface area contributed by atoms with Crippen molar-refractivity contribution in [2.45, 2.75) is 6.04 Å². The Bertz CT molecular complexity index is 457. The smallest absolute Gasteiger partial charge is 0.327 e. The van der Waals surface area contributed by atoms with Crippen molar-refractivity contribution < 1.29 is 18.3 Å². The monoisotopic (exact) mass is 240 g/mol. The van der Waals surface area contributed by atoms with Gasteiger partial charge in [-0.05, 0) is 18.2 Å². The third kappa shape index (κ3) is 3.23. The molecule has 0 amide bonds. The third-order valence-electron chi connectivity index (χ3n) is 2.09. The highest BCUT2D eigenvalue weighted by Crippen LogP contribution is 2.19. The Morgan fingerprint density at radius 1 is 1.59 bits per heavy atom. The molecule has 1 atom stereocenters. The quantitative estimate of drug-likeness (QED) is 0.636. The lowest BCUT2D eigenvalue weighted by atomic mass is 10.1. The molecule has 1 rings (SSSR count). The average molecular weight is 240 g/mol. The van der Waals surface area contributed by atoms with Gasteiger partial charge >= 0.3 is 5.97 Å². The number of nitrogens with one attached hydrogen (secondary N) is 1. The van der Waals surface area contributed by atoms with E-state index in [0.717, 1.165) is 25.3 Å². The highest BCUT2D eigenvalue weighted by atomic mass is 19.1. The molecule has 0 aliphatic carbocycles. The van der Waals surface area contributed by atoms with E-state index in [4.69, 9.17) is 5.26 Å². The molecule has 0 saturated heterocycles. The Balaban J connectivity index is 3.08. The van der Waals surface area contributed by atoms with Crippen molar-refractivity contribution in [2.75, 3.05) is 13.7 Å². The number of methoxy groups -OCH3 is 1. The first-order chi connectivity index (χ1) is 8.10. The summed E-state index contributed by atoms with van der Waals surface area (Å²) in [5.74, 6) is -2.20. The van der Waals surface area contributed by atoms with Gasteiger partial charge in [-0.3, -0.25) is 5.32 Å². The standard InChI is InChI=1S/C11H10F2N2O2/c1-17-11(16)10(15-5-4-14)8-6-7(12)2-3-9(8)13/h2-3,6,10,15H,5H2,1H3/t10-/m1/s1. The van der Waals surface area contributed by atoms with Crippen molar-refractivity contribution >= 4 is 5.97 Å². The minimum Gasteiger partial charge on any atom is -0.468 e. The molecule has 0 radical (unpaired) electrons. The zero-order valence-electron chi connectivity index (χ0n) is 9.04. The maximum Gasteiger partial charge on any atom is 0.327 e. The second kappa shape index (κ2) is 5.92. The number of nitriles is 1. The van der Waals surface area contributed by atoms with Crippen molar-refractivity contribution in [1.29, 1.82) is 5.26 Å². The Hall–Kier alpha value is -2.00. The fourth-order valence-electron chi connectivity index (χ4n) is 1.32. The van der Waals surface area contributed by atoms with Crippen molar-refractivity contribution in [3.8, 4) is 6.07 Å². The van der Waals surface area contributed by atoms with E-state index in [9.17, 15) is 13.6 Å². The summed E-state index contributed by atoms with van der Waals surface area (Å²) in [6.45, 7) is -0.185. The minimum atomic E-state index is -1.20. The van der Waals surface area contributed by atoms with Crippen molar-refractivity contribution in [1.82, 2.24) is 5.32 Å². The van der Waals surface area contributed by atoms with Gasteiger partial charge in [0.25, 0.3) is 0 Å². The van der Waals surface area contributed by atoms with Crippen LogP contribution in [-0.2, 0) is 9.53 Å². The lowest BCUT2D eigenvalue weighted by Crippen LogP contribution is -2.30. The predicted octanol–water partition coefficient (Wildman–Crippen LogP) is 1.29. The Labute approximate surface area is 96.8 Å². The van der Waals surface area contributed by atoms with Gasteiger partial charge in [0.1, 0.15) is 17.7 Å². The summed E-state index contributed by atoms with van der Waals surface area (Å²) in [5.41, 5.74) is -0.188. The summed E-state index contributed by atoms with van der Waals surface area (Å²) in [6.07, 6.45) is 0. The van der Waals surface area contributed by atoms with Crippen LogP contribution in [0.1, 0.15) is 11.6 Å². The molecule has 0 unspecified atom stereocenters. The van der Waals surface area contributed by atoms with Crippen LogP contribution in [0, 0.1) is 23.0 Å². The second-order valence-electron chi connectivity index (χ2n) is 3.16. The summed E-state index contributed by atoms with van der Waals surface area (Å²) < 4.78 is 30.9. The van der Waals surface area contributed by atoms with Crippen LogP contribution in [0.25, 0.3) is 0 Å². The van der Waals surface area contributed by atoms with Crippen LogP contribution in [0.2, 0.25) is 0 Å². The highest BCUT2D eigenvalue weighted by Gasteiger charge is 2.24. The summed E-state index contributed by atoms with van der Waals surface area (Å²) in [7, 11) is 1.13. The first-order valence-electron chi connectivity index (χ1n) is 4.73. The molecule has 0 aromatic heterocycles. The number of ether oxygens (including phenoxy) is 1. The van der Waals surface area contributed by atoms with Crippen LogP contribution in [-0.4, -0.2) is 19.6 Å². The molecular formula is C11H10F2N2O2. The molecule has 4 nitrogen and oxygen atoms in total. The number of halogens is 2. The largest absolute Gasteiger partial charge is 0.468 e. The normalized spacial score (nSPS) is 11.6. The van der Waals surface area contributed by atoms with E-state index in [1.54, 1.807) is 6.07 Å². The third-order valence-corrected chi connectivity index (χ3v) is 2.09. The Morgan fingerprint density at radius 2 is 2.29 bits per heavy atom. The van der Waals surface area contributed by atoms with Crippen LogP contribution in [0.3, 0.4) is 0 Å².